The van der Waals surface area contributed by atoms with E-state index in [0.29, 0.717) is 16.7 Å². The first kappa shape index (κ1) is 15.1. The Morgan fingerprint density at radius 2 is 1.86 bits per heavy atom. The molecule has 0 spiro atoms. The van der Waals surface area contributed by atoms with Gasteiger partial charge in [0, 0.05) is 6.20 Å². The van der Waals surface area contributed by atoms with E-state index >= 15 is 0 Å². The number of fused-ring (bicyclic) bond motifs is 1. The number of hydrogen-bond donors (Lipinski definition) is 0. The molecule has 7 heteroatoms. The highest BCUT2D eigenvalue weighted by Gasteiger charge is 2.54. The largest absolute Gasteiger partial charge is 0.517 e. The lowest BCUT2D eigenvalue weighted by molar-refractivity contribution is 0.00578. The minimum atomic E-state index is -0.709. The average Bonchev–Trinajstić information content (AvgIpc) is 2.93. The summed E-state index contributed by atoms with van der Waals surface area (Å²) in [4.78, 5) is 12.2. The SMILES string of the molecule is COC(=O)c1c(B2OC(C)(C)C(C)(C)O2)nn2ccccc12. The second-order valence-electron chi connectivity index (χ2n) is 6.37. The molecule has 116 valence electrons. The van der Waals surface area contributed by atoms with E-state index in [-0.39, 0.29) is 0 Å². The number of hydrogen-bond acceptors (Lipinski definition) is 5. The van der Waals surface area contributed by atoms with E-state index in [9.17, 15) is 4.79 Å². The standard InChI is InChI=1S/C15H19BN2O4/c1-14(2)15(3,4)22-16(21-14)12-11(13(19)20-5)10-8-6-7-9-18(10)17-12/h6-9H,1-5H3. The number of methoxy groups -OCH3 is 1. The van der Waals surface area contributed by atoms with E-state index in [0.717, 1.165) is 0 Å². The summed E-state index contributed by atoms with van der Waals surface area (Å²) in [6.07, 6.45) is 1.77. The molecule has 2 aromatic rings. The smallest absolute Gasteiger partial charge is 0.465 e. The Bertz CT molecular complexity index is 722. The minimum absolute atomic E-state index is 0.376. The van der Waals surface area contributed by atoms with Gasteiger partial charge in [-0.3, -0.25) is 0 Å². The summed E-state index contributed by atoms with van der Waals surface area (Å²) < 4.78 is 18.6. The Kier molecular flexibility index (Phi) is 3.30. The summed E-state index contributed by atoms with van der Waals surface area (Å²) in [5.41, 5.74) is 0.485. The molecule has 0 radical (unpaired) electrons. The monoisotopic (exact) mass is 302 g/mol. The Hall–Kier alpha value is -1.86. The van der Waals surface area contributed by atoms with Gasteiger partial charge in [0.1, 0.15) is 11.2 Å². The Morgan fingerprint density at radius 3 is 2.45 bits per heavy atom. The van der Waals surface area contributed by atoms with Crippen LogP contribution in [0.5, 0.6) is 0 Å². The van der Waals surface area contributed by atoms with Crippen molar-refractivity contribution in [2.45, 2.75) is 38.9 Å². The van der Waals surface area contributed by atoms with Crippen LogP contribution in [0.25, 0.3) is 5.52 Å². The van der Waals surface area contributed by atoms with Crippen molar-refractivity contribution in [2.24, 2.45) is 0 Å². The molecular weight excluding hydrogens is 283 g/mol. The van der Waals surface area contributed by atoms with Crippen LogP contribution in [0.4, 0.5) is 0 Å². The van der Waals surface area contributed by atoms with E-state index in [2.05, 4.69) is 5.10 Å². The van der Waals surface area contributed by atoms with E-state index in [1.807, 2.05) is 45.9 Å². The number of aromatic nitrogens is 2. The molecule has 0 N–H and O–H groups in total. The van der Waals surface area contributed by atoms with Crippen molar-refractivity contribution in [2.75, 3.05) is 7.11 Å². The van der Waals surface area contributed by atoms with Crippen LogP contribution in [0.2, 0.25) is 0 Å². The molecule has 0 unspecified atom stereocenters. The zero-order valence-corrected chi connectivity index (χ0v) is 13.4. The van der Waals surface area contributed by atoms with Gasteiger partial charge in [-0.25, -0.2) is 9.31 Å². The number of rotatable bonds is 2. The first-order valence-corrected chi connectivity index (χ1v) is 7.18. The van der Waals surface area contributed by atoms with Crippen LogP contribution >= 0.6 is 0 Å². The summed E-state index contributed by atoms with van der Waals surface area (Å²) in [6, 6.07) is 5.50. The van der Waals surface area contributed by atoms with Gasteiger partial charge in [-0.05, 0) is 39.8 Å². The number of carbonyl (C=O) groups is 1. The summed E-state index contributed by atoms with van der Waals surface area (Å²) in [6.45, 7) is 7.84. The zero-order valence-electron chi connectivity index (χ0n) is 13.4. The highest BCUT2D eigenvalue weighted by Crippen LogP contribution is 2.36. The first-order chi connectivity index (χ1) is 10.3. The van der Waals surface area contributed by atoms with Crippen molar-refractivity contribution in [3.63, 3.8) is 0 Å². The van der Waals surface area contributed by atoms with Crippen molar-refractivity contribution in [1.82, 2.24) is 9.61 Å². The minimum Gasteiger partial charge on any atom is -0.465 e. The second-order valence-corrected chi connectivity index (χ2v) is 6.37. The third-order valence-electron chi connectivity index (χ3n) is 4.43. The van der Waals surface area contributed by atoms with Gasteiger partial charge < -0.3 is 14.0 Å². The average molecular weight is 302 g/mol. The van der Waals surface area contributed by atoms with Gasteiger partial charge in [-0.2, -0.15) is 5.10 Å². The van der Waals surface area contributed by atoms with E-state index in [1.54, 1.807) is 10.7 Å². The number of nitrogens with zero attached hydrogens (tertiary/aromatic N) is 2. The fourth-order valence-electron chi connectivity index (χ4n) is 2.45. The molecule has 1 fully saturated rings. The molecule has 0 bridgehead atoms. The maximum Gasteiger partial charge on any atom is 0.517 e. The third-order valence-corrected chi connectivity index (χ3v) is 4.43. The Morgan fingerprint density at radius 1 is 1.23 bits per heavy atom. The number of esters is 1. The van der Waals surface area contributed by atoms with Gasteiger partial charge in [0.05, 0.1) is 23.8 Å². The normalized spacial score (nSPS) is 19.6. The topological polar surface area (TPSA) is 62.1 Å². The van der Waals surface area contributed by atoms with Crippen LogP contribution in [-0.2, 0) is 14.0 Å². The lowest BCUT2D eigenvalue weighted by Crippen LogP contribution is -2.41. The molecule has 0 aromatic carbocycles. The van der Waals surface area contributed by atoms with Gasteiger partial charge in [-0.15, -0.1) is 0 Å². The third kappa shape index (κ3) is 2.12. The quantitative estimate of drug-likeness (QED) is 0.620. The summed E-state index contributed by atoms with van der Waals surface area (Å²) in [5, 5.41) is 4.46. The van der Waals surface area contributed by atoms with E-state index in [1.165, 1.54) is 7.11 Å². The molecule has 0 atom stereocenters. The molecule has 3 heterocycles. The maximum absolute atomic E-state index is 12.2. The van der Waals surface area contributed by atoms with E-state index < -0.39 is 24.3 Å². The van der Waals surface area contributed by atoms with Crippen molar-refractivity contribution in [3.05, 3.63) is 30.0 Å². The molecule has 1 aliphatic heterocycles. The van der Waals surface area contributed by atoms with Crippen LogP contribution < -0.4 is 5.59 Å². The molecule has 0 aliphatic carbocycles. The van der Waals surface area contributed by atoms with Gasteiger partial charge in [0.15, 0.2) is 0 Å². The fraction of sp³-hybridized carbons (Fsp3) is 0.467. The lowest BCUT2D eigenvalue weighted by atomic mass is 9.81. The molecule has 1 saturated heterocycles. The second kappa shape index (κ2) is 4.82. The molecule has 0 amide bonds. The fourth-order valence-corrected chi connectivity index (χ4v) is 2.45. The summed E-state index contributed by atoms with van der Waals surface area (Å²) in [5.74, 6) is -0.453. The van der Waals surface area contributed by atoms with Crippen molar-refractivity contribution in [3.8, 4) is 0 Å². The highest BCUT2D eigenvalue weighted by atomic mass is 16.7. The molecule has 3 rings (SSSR count). The van der Waals surface area contributed by atoms with Gasteiger partial charge >= 0.3 is 13.1 Å². The van der Waals surface area contributed by atoms with Crippen LogP contribution in [0.1, 0.15) is 38.1 Å². The predicted molar refractivity (Wildman–Crippen MR) is 82.2 cm³/mol. The highest BCUT2D eigenvalue weighted by molar-refractivity contribution is 6.63. The number of carbonyl (C=O) groups excluding carboxylic acids is 1. The van der Waals surface area contributed by atoms with E-state index in [4.69, 9.17) is 14.0 Å². The summed E-state index contributed by atoms with van der Waals surface area (Å²) in [7, 11) is 0.641. The van der Waals surface area contributed by atoms with Gasteiger partial charge in [-0.1, -0.05) is 6.07 Å². The Balaban J connectivity index is 2.14. The zero-order chi connectivity index (χ0) is 16.1. The molecule has 0 saturated carbocycles. The summed E-state index contributed by atoms with van der Waals surface area (Å²) >= 11 is 0. The van der Waals surface area contributed by atoms with Crippen molar-refractivity contribution < 1.29 is 18.8 Å². The maximum atomic E-state index is 12.2. The van der Waals surface area contributed by atoms with Crippen LogP contribution in [-0.4, -0.2) is 41.0 Å². The predicted octanol–water partition coefficient (Wildman–Crippen LogP) is 1.42. The molecule has 22 heavy (non-hydrogen) atoms. The number of ether oxygens (including phenoxy) is 1. The first-order valence-electron chi connectivity index (χ1n) is 7.18. The van der Waals surface area contributed by atoms with Crippen LogP contribution in [0.15, 0.2) is 24.4 Å². The van der Waals surface area contributed by atoms with Crippen LogP contribution in [0.3, 0.4) is 0 Å². The van der Waals surface area contributed by atoms with Crippen LogP contribution in [0, 0.1) is 0 Å². The van der Waals surface area contributed by atoms with Crippen molar-refractivity contribution in [1.29, 1.82) is 0 Å². The Labute approximate surface area is 129 Å². The molecule has 1 aliphatic rings. The lowest BCUT2D eigenvalue weighted by Gasteiger charge is -2.32. The van der Waals surface area contributed by atoms with Gasteiger partial charge in [0.2, 0.25) is 0 Å². The van der Waals surface area contributed by atoms with Gasteiger partial charge in [0.25, 0.3) is 0 Å². The molecule has 6 nitrogen and oxygen atoms in total. The van der Waals surface area contributed by atoms with Crippen molar-refractivity contribution >= 4 is 24.2 Å². The molecular formula is C15H19BN2O4. The number of pyridine rings is 1. The molecule has 2 aromatic heterocycles.